The molecule has 2 nitrogen and oxygen atoms in total. The molecule has 2 heterocycles. The molecule has 1 aliphatic heterocycles. The first-order chi connectivity index (χ1) is 7.16. The van der Waals surface area contributed by atoms with E-state index in [1.807, 2.05) is 11.8 Å². The number of aliphatic imine (C=N–C) groups is 1. The van der Waals surface area contributed by atoms with Gasteiger partial charge in [0.2, 0.25) is 0 Å². The van der Waals surface area contributed by atoms with Gasteiger partial charge in [-0.05, 0) is 42.7 Å². The van der Waals surface area contributed by atoms with Crippen molar-refractivity contribution in [3.63, 3.8) is 0 Å². The first-order valence-electron chi connectivity index (χ1n) is 5.12. The predicted molar refractivity (Wildman–Crippen MR) is 70.0 cm³/mol. The molecule has 82 valence electrons. The van der Waals surface area contributed by atoms with Crippen molar-refractivity contribution in [1.82, 2.24) is 5.32 Å². The third kappa shape index (κ3) is 3.24. The van der Waals surface area contributed by atoms with Crippen LogP contribution < -0.4 is 5.32 Å². The largest absolute Gasteiger partial charge is 0.359 e. The summed E-state index contributed by atoms with van der Waals surface area (Å²) in [6.45, 7) is 5.31. The Balaban J connectivity index is 1.80. The molecule has 1 N–H and O–H groups in total. The minimum atomic E-state index is 0.214. The molecule has 1 saturated heterocycles. The maximum absolute atomic E-state index is 4.57. The normalized spacial score (nSPS) is 21.9. The van der Waals surface area contributed by atoms with Crippen molar-refractivity contribution in [1.29, 1.82) is 0 Å². The molecule has 0 spiro atoms. The summed E-state index contributed by atoms with van der Waals surface area (Å²) in [7, 11) is 0. The van der Waals surface area contributed by atoms with E-state index in [2.05, 4.69) is 41.0 Å². The SMILES string of the molecule is CC1(C)CSC(=NCCc2ccsc2)N1. The molecule has 1 fully saturated rings. The molecule has 2 rings (SSSR count). The Hall–Kier alpha value is -0.480. The van der Waals surface area contributed by atoms with E-state index in [4.69, 9.17) is 0 Å². The maximum atomic E-state index is 4.57. The van der Waals surface area contributed by atoms with E-state index in [0.717, 1.165) is 23.9 Å². The van der Waals surface area contributed by atoms with Crippen molar-refractivity contribution in [3.05, 3.63) is 22.4 Å². The topological polar surface area (TPSA) is 24.4 Å². The third-order valence-electron chi connectivity index (χ3n) is 2.25. The number of hydrogen-bond donors (Lipinski definition) is 1. The van der Waals surface area contributed by atoms with Crippen LogP contribution in [0.5, 0.6) is 0 Å². The van der Waals surface area contributed by atoms with Crippen LogP contribution in [-0.2, 0) is 6.42 Å². The molecular formula is C11H16N2S2. The first-order valence-corrected chi connectivity index (χ1v) is 7.05. The predicted octanol–water partition coefficient (Wildman–Crippen LogP) is 2.76. The fraction of sp³-hybridized carbons (Fsp3) is 0.545. The van der Waals surface area contributed by atoms with E-state index in [1.54, 1.807) is 11.3 Å². The second kappa shape index (κ2) is 4.58. The van der Waals surface area contributed by atoms with Crippen molar-refractivity contribution in [2.75, 3.05) is 12.3 Å². The van der Waals surface area contributed by atoms with E-state index in [0.29, 0.717) is 0 Å². The number of nitrogens with one attached hydrogen (secondary N) is 1. The number of nitrogens with zero attached hydrogens (tertiary/aromatic N) is 1. The number of amidine groups is 1. The Morgan fingerprint density at radius 1 is 1.53 bits per heavy atom. The number of rotatable bonds is 3. The Kier molecular flexibility index (Phi) is 3.36. The number of thioether (sulfide) groups is 1. The second-order valence-electron chi connectivity index (χ2n) is 4.37. The van der Waals surface area contributed by atoms with Gasteiger partial charge < -0.3 is 5.32 Å². The van der Waals surface area contributed by atoms with Crippen LogP contribution in [0.4, 0.5) is 0 Å². The lowest BCUT2D eigenvalue weighted by molar-refractivity contribution is 0.536. The average Bonchev–Trinajstić information content (AvgIpc) is 2.76. The van der Waals surface area contributed by atoms with Crippen LogP contribution in [0.3, 0.4) is 0 Å². The third-order valence-corrected chi connectivity index (χ3v) is 4.35. The smallest absolute Gasteiger partial charge is 0.157 e. The molecule has 1 aromatic heterocycles. The minimum absolute atomic E-state index is 0.214. The molecule has 4 heteroatoms. The van der Waals surface area contributed by atoms with Crippen LogP contribution in [-0.4, -0.2) is 23.0 Å². The summed E-state index contributed by atoms with van der Waals surface area (Å²) in [6, 6.07) is 2.17. The van der Waals surface area contributed by atoms with Gasteiger partial charge in [-0.3, -0.25) is 4.99 Å². The van der Waals surface area contributed by atoms with E-state index in [9.17, 15) is 0 Å². The molecule has 0 aromatic carbocycles. The van der Waals surface area contributed by atoms with Crippen molar-refractivity contribution < 1.29 is 0 Å². The van der Waals surface area contributed by atoms with E-state index in [-0.39, 0.29) is 5.54 Å². The van der Waals surface area contributed by atoms with Crippen LogP contribution in [0, 0.1) is 0 Å². The van der Waals surface area contributed by atoms with Gasteiger partial charge in [-0.2, -0.15) is 11.3 Å². The highest BCUT2D eigenvalue weighted by molar-refractivity contribution is 8.14. The van der Waals surface area contributed by atoms with Crippen LogP contribution in [0.15, 0.2) is 21.8 Å². The Labute approximate surface area is 99.2 Å². The Morgan fingerprint density at radius 2 is 2.40 bits per heavy atom. The molecule has 0 radical (unpaired) electrons. The Morgan fingerprint density at radius 3 is 3.00 bits per heavy atom. The standard InChI is InChI=1S/C11H16N2S2/c1-11(2)8-15-10(13-11)12-5-3-9-4-6-14-7-9/h4,6-7H,3,5,8H2,1-2H3,(H,12,13). The van der Waals surface area contributed by atoms with Crippen LogP contribution in [0.25, 0.3) is 0 Å². The zero-order valence-electron chi connectivity index (χ0n) is 9.12. The van der Waals surface area contributed by atoms with Gasteiger partial charge in [0, 0.05) is 17.8 Å². The molecule has 15 heavy (non-hydrogen) atoms. The quantitative estimate of drug-likeness (QED) is 0.878. The molecule has 0 saturated carbocycles. The average molecular weight is 240 g/mol. The fourth-order valence-electron chi connectivity index (χ4n) is 1.42. The molecular weight excluding hydrogens is 224 g/mol. The highest BCUT2D eigenvalue weighted by Gasteiger charge is 2.26. The fourth-order valence-corrected chi connectivity index (χ4v) is 3.22. The molecule has 1 aliphatic rings. The van der Waals surface area contributed by atoms with Gasteiger partial charge in [0.25, 0.3) is 0 Å². The lowest BCUT2D eigenvalue weighted by atomic mass is 10.1. The lowest BCUT2D eigenvalue weighted by Gasteiger charge is -2.15. The van der Waals surface area contributed by atoms with Gasteiger partial charge in [0.05, 0.1) is 0 Å². The minimum Gasteiger partial charge on any atom is -0.359 e. The molecule has 0 unspecified atom stereocenters. The van der Waals surface area contributed by atoms with Crippen molar-refractivity contribution >= 4 is 28.3 Å². The monoisotopic (exact) mass is 240 g/mol. The maximum Gasteiger partial charge on any atom is 0.157 e. The highest BCUT2D eigenvalue weighted by atomic mass is 32.2. The molecule has 1 aromatic rings. The number of thiophene rings is 1. The van der Waals surface area contributed by atoms with Gasteiger partial charge >= 0.3 is 0 Å². The molecule has 0 atom stereocenters. The van der Waals surface area contributed by atoms with Gasteiger partial charge in [-0.1, -0.05) is 11.8 Å². The Bertz CT molecular complexity index is 341. The summed E-state index contributed by atoms with van der Waals surface area (Å²) < 4.78 is 0. The van der Waals surface area contributed by atoms with Crippen molar-refractivity contribution in [3.8, 4) is 0 Å². The zero-order valence-corrected chi connectivity index (χ0v) is 10.8. The number of hydrogen-bond acceptors (Lipinski definition) is 3. The second-order valence-corrected chi connectivity index (χ2v) is 6.11. The molecule has 0 aliphatic carbocycles. The summed E-state index contributed by atoms with van der Waals surface area (Å²) in [5.74, 6) is 1.12. The van der Waals surface area contributed by atoms with E-state index >= 15 is 0 Å². The van der Waals surface area contributed by atoms with Crippen molar-refractivity contribution in [2.45, 2.75) is 25.8 Å². The summed E-state index contributed by atoms with van der Waals surface area (Å²) in [5.41, 5.74) is 1.61. The van der Waals surface area contributed by atoms with Gasteiger partial charge in [-0.25, -0.2) is 0 Å². The van der Waals surface area contributed by atoms with Gasteiger partial charge in [-0.15, -0.1) is 0 Å². The van der Waals surface area contributed by atoms with Gasteiger partial charge in [0.1, 0.15) is 0 Å². The van der Waals surface area contributed by atoms with Crippen LogP contribution in [0.2, 0.25) is 0 Å². The van der Waals surface area contributed by atoms with E-state index < -0.39 is 0 Å². The summed E-state index contributed by atoms with van der Waals surface area (Å²) >= 11 is 3.58. The zero-order chi connectivity index (χ0) is 10.7. The van der Waals surface area contributed by atoms with E-state index in [1.165, 1.54) is 5.56 Å². The first kappa shape index (κ1) is 11.0. The summed E-state index contributed by atoms with van der Waals surface area (Å²) in [6.07, 6.45) is 1.05. The van der Waals surface area contributed by atoms with Crippen LogP contribution >= 0.6 is 23.1 Å². The summed E-state index contributed by atoms with van der Waals surface area (Å²) in [4.78, 5) is 4.57. The van der Waals surface area contributed by atoms with Crippen molar-refractivity contribution in [2.24, 2.45) is 4.99 Å². The van der Waals surface area contributed by atoms with Gasteiger partial charge in [0.15, 0.2) is 5.17 Å². The highest BCUT2D eigenvalue weighted by Crippen LogP contribution is 2.22. The lowest BCUT2D eigenvalue weighted by Crippen LogP contribution is -2.36. The molecule has 0 amide bonds. The van der Waals surface area contributed by atoms with Crippen LogP contribution in [0.1, 0.15) is 19.4 Å². The molecule has 0 bridgehead atoms. The summed E-state index contributed by atoms with van der Waals surface area (Å²) in [5, 5.41) is 8.85.